The summed E-state index contributed by atoms with van der Waals surface area (Å²) in [5.41, 5.74) is 7.40. The third-order valence-corrected chi connectivity index (χ3v) is 3.09. The average molecular weight is 265 g/mol. The highest BCUT2D eigenvalue weighted by molar-refractivity contribution is 6.02. The zero-order valence-corrected chi connectivity index (χ0v) is 11.9. The molecule has 0 atom stereocenters. The van der Waals surface area contributed by atoms with Gasteiger partial charge in [0.05, 0.1) is 12.8 Å². The minimum absolute atomic E-state index is 0.118. The lowest BCUT2D eigenvalue weighted by atomic mass is 10.1. The van der Waals surface area contributed by atoms with Gasteiger partial charge in [0, 0.05) is 24.7 Å². The van der Waals surface area contributed by atoms with E-state index in [9.17, 15) is 0 Å². The van der Waals surface area contributed by atoms with E-state index >= 15 is 0 Å². The highest BCUT2D eigenvalue weighted by Crippen LogP contribution is 2.26. The van der Waals surface area contributed by atoms with Crippen LogP contribution in [0.25, 0.3) is 0 Å². The second-order valence-corrected chi connectivity index (χ2v) is 4.30. The molecule has 0 saturated carbocycles. The van der Waals surface area contributed by atoms with Gasteiger partial charge in [-0.1, -0.05) is 18.5 Å². The Balaban J connectivity index is 3.18. The summed E-state index contributed by atoms with van der Waals surface area (Å²) in [4.78, 5) is 2.21. The van der Waals surface area contributed by atoms with Crippen LogP contribution in [0.2, 0.25) is 0 Å². The summed E-state index contributed by atoms with van der Waals surface area (Å²) in [6, 6.07) is 5.55. The average Bonchev–Trinajstić information content (AvgIpc) is 2.47. The summed E-state index contributed by atoms with van der Waals surface area (Å²) >= 11 is 0. The monoisotopic (exact) mass is 265 g/mol. The minimum Gasteiger partial charge on any atom is -0.497 e. The largest absolute Gasteiger partial charge is 0.497 e. The van der Waals surface area contributed by atoms with Gasteiger partial charge >= 0.3 is 0 Å². The van der Waals surface area contributed by atoms with E-state index in [4.69, 9.17) is 15.7 Å². The fourth-order valence-electron chi connectivity index (χ4n) is 1.97. The quantitative estimate of drug-likeness (QED) is 0.344. The number of rotatable bonds is 7. The van der Waals surface area contributed by atoms with Crippen LogP contribution in [0.5, 0.6) is 5.75 Å². The maximum atomic E-state index is 8.88. The van der Waals surface area contributed by atoms with Gasteiger partial charge in [0.15, 0.2) is 5.84 Å². The molecule has 106 valence electrons. The third-order valence-electron chi connectivity index (χ3n) is 3.09. The van der Waals surface area contributed by atoms with Crippen LogP contribution in [0.3, 0.4) is 0 Å². The van der Waals surface area contributed by atoms with Gasteiger partial charge in [-0.15, -0.1) is 0 Å². The van der Waals surface area contributed by atoms with Gasteiger partial charge < -0.3 is 20.6 Å². The van der Waals surface area contributed by atoms with Gasteiger partial charge in [-0.2, -0.15) is 0 Å². The van der Waals surface area contributed by atoms with Crippen LogP contribution in [0.15, 0.2) is 23.4 Å². The smallest absolute Gasteiger partial charge is 0.172 e. The number of ether oxygens (including phenoxy) is 1. The van der Waals surface area contributed by atoms with E-state index in [1.807, 2.05) is 18.2 Å². The molecule has 0 radical (unpaired) electrons. The molecule has 1 rings (SSSR count). The normalized spacial score (nSPS) is 11.4. The van der Waals surface area contributed by atoms with Gasteiger partial charge in [-0.25, -0.2) is 0 Å². The van der Waals surface area contributed by atoms with Gasteiger partial charge in [-0.05, 0) is 25.5 Å². The standard InChI is InChI=1S/C14H23N3O2/c1-4-6-9-17(5-2)13-10-11(19-3)7-8-12(13)14(15)16-18/h7-8,10,18H,4-6,9H2,1-3H3,(H2,15,16). The first-order chi connectivity index (χ1) is 9.17. The van der Waals surface area contributed by atoms with Crippen molar-refractivity contribution >= 4 is 11.5 Å². The number of nitrogens with zero attached hydrogens (tertiary/aromatic N) is 2. The summed E-state index contributed by atoms with van der Waals surface area (Å²) in [7, 11) is 1.63. The Labute approximate surface area is 114 Å². The molecule has 0 aliphatic rings. The summed E-state index contributed by atoms with van der Waals surface area (Å²) < 4.78 is 5.25. The van der Waals surface area contributed by atoms with Crippen molar-refractivity contribution in [1.82, 2.24) is 0 Å². The van der Waals surface area contributed by atoms with Crippen molar-refractivity contribution in [2.75, 3.05) is 25.1 Å². The number of benzene rings is 1. The highest BCUT2D eigenvalue weighted by Gasteiger charge is 2.14. The van der Waals surface area contributed by atoms with Gasteiger partial charge in [-0.3, -0.25) is 0 Å². The molecule has 0 unspecified atom stereocenters. The molecule has 1 aromatic carbocycles. The lowest BCUT2D eigenvalue weighted by Crippen LogP contribution is -2.27. The van der Waals surface area contributed by atoms with Crippen molar-refractivity contribution in [2.45, 2.75) is 26.7 Å². The topological polar surface area (TPSA) is 71.1 Å². The van der Waals surface area contributed by atoms with Crippen molar-refractivity contribution in [1.29, 1.82) is 0 Å². The molecular weight excluding hydrogens is 242 g/mol. The summed E-state index contributed by atoms with van der Waals surface area (Å²) in [6.45, 7) is 6.04. The molecule has 0 spiro atoms. The number of hydrogen-bond donors (Lipinski definition) is 2. The highest BCUT2D eigenvalue weighted by atomic mass is 16.5. The van der Waals surface area contributed by atoms with Crippen molar-refractivity contribution in [2.24, 2.45) is 10.9 Å². The maximum Gasteiger partial charge on any atom is 0.172 e. The molecule has 5 heteroatoms. The van der Waals surface area contributed by atoms with E-state index in [1.165, 1.54) is 0 Å². The van der Waals surface area contributed by atoms with E-state index in [0.717, 1.165) is 42.9 Å². The Morgan fingerprint density at radius 1 is 1.42 bits per heavy atom. The Morgan fingerprint density at radius 3 is 2.68 bits per heavy atom. The number of amidine groups is 1. The first-order valence-electron chi connectivity index (χ1n) is 6.58. The van der Waals surface area contributed by atoms with E-state index in [1.54, 1.807) is 7.11 Å². The zero-order chi connectivity index (χ0) is 14.3. The van der Waals surface area contributed by atoms with E-state index < -0.39 is 0 Å². The van der Waals surface area contributed by atoms with Crippen LogP contribution < -0.4 is 15.4 Å². The van der Waals surface area contributed by atoms with Gasteiger partial charge in [0.1, 0.15) is 5.75 Å². The Morgan fingerprint density at radius 2 is 2.16 bits per heavy atom. The van der Waals surface area contributed by atoms with Crippen LogP contribution in [0.4, 0.5) is 5.69 Å². The van der Waals surface area contributed by atoms with Crippen molar-refractivity contribution in [3.05, 3.63) is 23.8 Å². The molecule has 0 amide bonds. The maximum absolute atomic E-state index is 8.88. The lowest BCUT2D eigenvalue weighted by molar-refractivity contribution is 0.318. The molecular formula is C14H23N3O2. The Bertz CT molecular complexity index is 433. The van der Waals surface area contributed by atoms with Crippen molar-refractivity contribution in [3.63, 3.8) is 0 Å². The first-order valence-corrected chi connectivity index (χ1v) is 6.58. The Hall–Kier alpha value is -1.91. The van der Waals surface area contributed by atoms with E-state index in [2.05, 4.69) is 23.9 Å². The summed E-state index contributed by atoms with van der Waals surface area (Å²) in [5.74, 6) is 0.882. The zero-order valence-electron chi connectivity index (χ0n) is 11.9. The molecule has 0 aliphatic carbocycles. The molecule has 19 heavy (non-hydrogen) atoms. The van der Waals surface area contributed by atoms with Gasteiger partial charge in [0.25, 0.3) is 0 Å². The second kappa shape index (κ2) is 7.51. The number of hydrogen-bond acceptors (Lipinski definition) is 4. The van der Waals surface area contributed by atoms with Crippen LogP contribution in [0, 0.1) is 0 Å². The van der Waals surface area contributed by atoms with Crippen molar-refractivity contribution < 1.29 is 9.94 Å². The summed E-state index contributed by atoms with van der Waals surface area (Å²) in [6.07, 6.45) is 2.22. The molecule has 0 heterocycles. The number of nitrogens with two attached hydrogens (primary N) is 1. The van der Waals surface area contributed by atoms with Crippen LogP contribution in [-0.2, 0) is 0 Å². The fraction of sp³-hybridized carbons (Fsp3) is 0.500. The van der Waals surface area contributed by atoms with Crippen LogP contribution in [0.1, 0.15) is 32.3 Å². The fourth-order valence-corrected chi connectivity index (χ4v) is 1.97. The summed E-state index contributed by atoms with van der Waals surface area (Å²) in [5, 5.41) is 12.0. The number of oxime groups is 1. The van der Waals surface area contributed by atoms with Crippen molar-refractivity contribution in [3.8, 4) is 5.75 Å². The minimum atomic E-state index is 0.118. The number of unbranched alkanes of at least 4 members (excludes halogenated alkanes) is 1. The molecule has 1 aromatic rings. The van der Waals surface area contributed by atoms with E-state index in [-0.39, 0.29) is 5.84 Å². The molecule has 0 bridgehead atoms. The number of anilines is 1. The predicted molar refractivity (Wildman–Crippen MR) is 78.3 cm³/mol. The van der Waals surface area contributed by atoms with E-state index in [0.29, 0.717) is 0 Å². The molecule has 0 saturated heterocycles. The van der Waals surface area contributed by atoms with Gasteiger partial charge in [0.2, 0.25) is 0 Å². The molecule has 3 N–H and O–H groups in total. The van der Waals surface area contributed by atoms with Crippen LogP contribution >= 0.6 is 0 Å². The molecule has 0 aliphatic heterocycles. The molecule has 5 nitrogen and oxygen atoms in total. The Kier molecular flexibility index (Phi) is 5.99. The molecule has 0 fully saturated rings. The SMILES string of the molecule is CCCCN(CC)c1cc(OC)ccc1/C(N)=N/O. The second-order valence-electron chi connectivity index (χ2n) is 4.30. The predicted octanol–water partition coefficient (Wildman–Crippen LogP) is 2.42. The third kappa shape index (κ3) is 3.77. The lowest BCUT2D eigenvalue weighted by Gasteiger charge is -2.25. The number of methoxy groups -OCH3 is 1. The first kappa shape index (κ1) is 15.1. The molecule has 0 aromatic heterocycles. The van der Waals surface area contributed by atoms with Crippen LogP contribution in [-0.4, -0.2) is 31.2 Å².